The number of halogens is 1. The molecule has 6 nitrogen and oxygen atoms in total. The average Bonchev–Trinajstić information content (AvgIpc) is 3.39. The van der Waals surface area contributed by atoms with E-state index in [-0.39, 0.29) is 46.1 Å². The predicted octanol–water partition coefficient (Wildman–Crippen LogP) is 2.60. The lowest BCUT2D eigenvalue weighted by Crippen LogP contribution is -2.55. The number of hydrogen-bond donors (Lipinski definition) is 0. The second-order valence-electron chi connectivity index (χ2n) is 7.72. The first-order chi connectivity index (χ1) is 10.9. The van der Waals surface area contributed by atoms with Crippen LogP contribution in [0.1, 0.15) is 39.0 Å². The number of ether oxygens (including phenoxy) is 2. The summed E-state index contributed by atoms with van der Waals surface area (Å²) in [5, 5.41) is 10.8. The number of carbonyl (C=O) groups excluding carboxylic acids is 1. The Morgan fingerprint density at radius 2 is 2.04 bits per heavy atom. The molecule has 1 aliphatic heterocycles. The SMILES string of the molecule is COC(=O)[C@@H]1CCC[C@H]([N+](=O)[O-])[C@@H]2[C@H]3O[C@@]3(Cl)[C@@H](C)[C@@H]1C21CC1. The van der Waals surface area contributed by atoms with Crippen LogP contribution in [0.3, 0.4) is 0 Å². The normalized spacial score (nSPS) is 49.5. The van der Waals surface area contributed by atoms with Crippen LogP contribution in [0.15, 0.2) is 0 Å². The number of epoxide rings is 1. The number of alkyl halides is 1. The highest BCUT2D eigenvalue weighted by Gasteiger charge is 2.80. The van der Waals surface area contributed by atoms with Crippen molar-refractivity contribution in [3.05, 3.63) is 10.1 Å². The third-order valence-corrected chi connectivity index (χ3v) is 7.57. The van der Waals surface area contributed by atoms with Gasteiger partial charge >= 0.3 is 5.97 Å². The van der Waals surface area contributed by atoms with Crippen molar-refractivity contribution in [2.24, 2.45) is 29.1 Å². The van der Waals surface area contributed by atoms with Crippen LogP contribution in [0.25, 0.3) is 0 Å². The van der Waals surface area contributed by atoms with Crippen molar-refractivity contribution in [2.75, 3.05) is 7.11 Å². The zero-order chi connectivity index (χ0) is 16.6. The fourth-order valence-corrected chi connectivity index (χ4v) is 6.18. The molecule has 1 heterocycles. The zero-order valence-corrected chi connectivity index (χ0v) is 14.1. The summed E-state index contributed by atoms with van der Waals surface area (Å²) in [5.74, 6) is -0.593. The highest BCUT2D eigenvalue weighted by Crippen LogP contribution is 2.75. The van der Waals surface area contributed by atoms with Crippen molar-refractivity contribution < 1.29 is 19.2 Å². The molecule has 0 N–H and O–H groups in total. The van der Waals surface area contributed by atoms with Gasteiger partial charge in [-0.2, -0.15) is 0 Å². The van der Waals surface area contributed by atoms with Crippen molar-refractivity contribution in [1.82, 2.24) is 0 Å². The van der Waals surface area contributed by atoms with E-state index in [4.69, 9.17) is 21.1 Å². The molecule has 7 heteroatoms. The summed E-state index contributed by atoms with van der Waals surface area (Å²) < 4.78 is 10.9. The molecule has 0 aromatic carbocycles. The molecule has 23 heavy (non-hydrogen) atoms. The summed E-state index contributed by atoms with van der Waals surface area (Å²) in [6, 6.07) is -0.614. The summed E-state index contributed by atoms with van der Waals surface area (Å²) in [6.07, 6.45) is 3.40. The lowest BCUT2D eigenvalue weighted by atomic mass is 9.56. The van der Waals surface area contributed by atoms with Gasteiger partial charge in [-0.3, -0.25) is 14.9 Å². The summed E-state index contributed by atoms with van der Waals surface area (Å²) >= 11 is 6.67. The maximum absolute atomic E-state index is 12.4. The van der Waals surface area contributed by atoms with Gasteiger partial charge in [-0.1, -0.05) is 18.5 Å². The molecule has 0 unspecified atom stereocenters. The van der Waals surface area contributed by atoms with Crippen molar-refractivity contribution >= 4 is 17.6 Å². The quantitative estimate of drug-likeness (QED) is 0.253. The number of carbonyl (C=O) groups is 1. The molecule has 0 amide bonds. The summed E-state index contributed by atoms with van der Waals surface area (Å²) in [5.41, 5.74) is -0.171. The molecule has 4 rings (SSSR count). The zero-order valence-electron chi connectivity index (χ0n) is 13.4. The predicted molar refractivity (Wildman–Crippen MR) is 81.4 cm³/mol. The largest absolute Gasteiger partial charge is 0.469 e. The Morgan fingerprint density at radius 3 is 2.61 bits per heavy atom. The first-order valence-corrected chi connectivity index (χ1v) is 8.82. The monoisotopic (exact) mass is 343 g/mol. The Labute approximate surface area is 140 Å². The minimum absolute atomic E-state index is 0.00233. The van der Waals surface area contributed by atoms with E-state index in [1.165, 1.54) is 7.11 Å². The number of nitro groups is 1. The number of hydrogen-bond acceptors (Lipinski definition) is 5. The van der Waals surface area contributed by atoms with Crippen LogP contribution in [0.2, 0.25) is 0 Å². The molecule has 3 saturated carbocycles. The fourth-order valence-electron chi connectivity index (χ4n) is 5.82. The van der Waals surface area contributed by atoms with E-state index in [9.17, 15) is 14.9 Å². The van der Waals surface area contributed by atoms with E-state index in [1.54, 1.807) is 0 Å². The standard InChI is InChI=1S/C16H22ClNO5/c1-8-11-9(14(19)22-2)4-3-5-10(18(20)21)12(15(11)6-7-15)13-16(8,17)23-13/h8-13H,3-7H2,1-2H3/t8-,9+,10-,11-,12+,13+,16-/m0/s1. The van der Waals surface area contributed by atoms with E-state index >= 15 is 0 Å². The van der Waals surface area contributed by atoms with Gasteiger partial charge in [0.1, 0.15) is 6.10 Å². The molecule has 4 aliphatic rings. The number of fused-ring (bicyclic) bond motifs is 2. The number of esters is 1. The number of rotatable bonds is 2. The lowest BCUT2D eigenvalue weighted by Gasteiger charge is -2.47. The molecule has 128 valence electrons. The van der Waals surface area contributed by atoms with Gasteiger partial charge in [-0.15, -0.1) is 0 Å². The van der Waals surface area contributed by atoms with Gasteiger partial charge < -0.3 is 9.47 Å². The van der Waals surface area contributed by atoms with Gasteiger partial charge in [0.05, 0.1) is 18.9 Å². The summed E-state index contributed by atoms with van der Waals surface area (Å²) in [4.78, 5) is 23.9. The molecule has 0 radical (unpaired) electrons. The molecule has 3 aliphatic carbocycles. The highest BCUT2D eigenvalue weighted by molar-refractivity contribution is 6.25. The molecule has 7 atom stereocenters. The summed E-state index contributed by atoms with van der Waals surface area (Å²) in [7, 11) is 1.42. The molecule has 0 aromatic heterocycles. The van der Waals surface area contributed by atoms with E-state index in [2.05, 4.69) is 0 Å². The first kappa shape index (κ1) is 15.6. The Kier molecular flexibility index (Phi) is 3.28. The minimum Gasteiger partial charge on any atom is -0.469 e. The van der Waals surface area contributed by atoms with Crippen LogP contribution >= 0.6 is 11.6 Å². The molecular weight excluding hydrogens is 322 g/mol. The van der Waals surface area contributed by atoms with E-state index in [0.717, 1.165) is 12.8 Å². The minimum atomic E-state index is -0.832. The summed E-state index contributed by atoms with van der Waals surface area (Å²) in [6.45, 7) is 2.03. The molecular formula is C16H22ClNO5. The smallest absolute Gasteiger partial charge is 0.308 e. The Morgan fingerprint density at radius 1 is 1.35 bits per heavy atom. The van der Waals surface area contributed by atoms with Crippen molar-refractivity contribution in [1.29, 1.82) is 0 Å². The second kappa shape index (κ2) is 4.82. The van der Waals surface area contributed by atoms with E-state index < -0.39 is 11.1 Å². The maximum atomic E-state index is 12.4. The van der Waals surface area contributed by atoms with Crippen LogP contribution < -0.4 is 0 Å². The van der Waals surface area contributed by atoms with Crippen molar-refractivity contribution in [3.63, 3.8) is 0 Å². The third kappa shape index (κ3) is 1.94. The number of methoxy groups -OCH3 is 1. The Balaban J connectivity index is 1.80. The molecule has 1 saturated heterocycles. The second-order valence-corrected chi connectivity index (χ2v) is 8.31. The van der Waals surface area contributed by atoms with E-state index in [1.807, 2.05) is 6.92 Å². The molecule has 1 spiro atoms. The van der Waals surface area contributed by atoms with Gasteiger partial charge in [0.2, 0.25) is 6.04 Å². The van der Waals surface area contributed by atoms with E-state index in [0.29, 0.717) is 19.3 Å². The van der Waals surface area contributed by atoms with Gasteiger partial charge in [-0.25, -0.2) is 0 Å². The van der Waals surface area contributed by atoms with Gasteiger partial charge in [-0.05, 0) is 37.0 Å². The van der Waals surface area contributed by atoms with Gasteiger partial charge in [0, 0.05) is 17.3 Å². The number of nitrogens with zero attached hydrogens (tertiary/aromatic N) is 1. The molecule has 4 fully saturated rings. The van der Waals surface area contributed by atoms with Crippen LogP contribution in [0, 0.1) is 39.2 Å². The average molecular weight is 344 g/mol. The maximum Gasteiger partial charge on any atom is 0.308 e. The van der Waals surface area contributed by atoms with Gasteiger partial charge in [0.25, 0.3) is 0 Å². The van der Waals surface area contributed by atoms with Crippen LogP contribution in [0.4, 0.5) is 0 Å². The van der Waals surface area contributed by atoms with Crippen LogP contribution in [0.5, 0.6) is 0 Å². The lowest BCUT2D eigenvalue weighted by molar-refractivity contribution is -0.538. The molecule has 2 bridgehead atoms. The Hall–Kier alpha value is -0.880. The van der Waals surface area contributed by atoms with Crippen molar-refractivity contribution in [2.45, 2.75) is 56.2 Å². The molecule has 0 aromatic rings. The third-order valence-electron chi connectivity index (χ3n) is 6.92. The fraction of sp³-hybridized carbons (Fsp3) is 0.938. The van der Waals surface area contributed by atoms with Crippen molar-refractivity contribution in [3.8, 4) is 0 Å². The van der Waals surface area contributed by atoms with Crippen LogP contribution in [-0.4, -0.2) is 35.2 Å². The first-order valence-electron chi connectivity index (χ1n) is 8.45. The highest BCUT2D eigenvalue weighted by atomic mass is 35.5. The Bertz CT molecular complexity index is 565. The van der Waals surface area contributed by atoms with Crippen LogP contribution in [-0.2, 0) is 14.3 Å². The topological polar surface area (TPSA) is 82.0 Å². The van der Waals surface area contributed by atoms with Gasteiger partial charge in [0.15, 0.2) is 5.06 Å².